The van der Waals surface area contributed by atoms with Crippen molar-refractivity contribution in [1.82, 2.24) is 9.55 Å². The number of amides is 2. The average molecular weight is 348 g/mol. The Labute approximate surface area is 151 Å². The molecule has 1 aromatic heterocycles. The van der Waals surface area contributed by atoms with Gasteiger partial charge in [-0.15, -0.1) is 0 Å². The average Bonchev–Trinajstić information content (AvgIpc) is 2.98. The summed E-state index contributed by atoms with van der Waals surface area (Å²) in [6.07, 6.45) is 3.86. The molecular weight excluding hydrogens is 328 g/mol. The zero-order chi connectivity index (χ0) is 18.1. The van der Waals surface area contributed by atoms with Crippen molar-refractivity contribution in [2.24, 2.45) is 0 Å². The lowest BCUT2D eigenvalue weighted by Gasteiger charge is -2.16. The lowest BCUT2D eigenvalue weighted by molar-refractivity contribution is -0.119. The molecular formula is C20H20N4O2. The van der Waals surface area contributed by atoms with Crippen LogP contribution < -0.4 is 10.6 Å². The van der Waals surface area contributed by atoms with Gasteiger partial charge in [0.05, 0.1) is 17.4 Å². The maximum Gasteiger partial charge on any atom is 0.247 e. The van der Waals surface area contributed by atoms with E-state index in [-0.39, 0.29) is 17.9 Å². The van der Waals surface area contributed by atoms with E-state index in [0.29, 0.717) is 6.42 Å². The normalized spacial score (nSPS) is 15.0. The molecule has 1 aliphatic heterocycles. The molecule has 0 spiro atoms. The molecule has 0 saturated carbocycles. The molecule has 0 radical (unpaired) electrons. The topological polar surface area (TPSA) is 76.0 Å². The highest BCUT2D eigenvalue weighted by Crippen LogP contribution is 2.26. The van der Waals surface area contributed by atoms with Crippen molar-refractivity contribution < 1.29 is 9.59 Å². The van der Waals surface area contributed by atoms with Crippen LogP contribution in [0, 0.1) is 0 Å². The predicted octanol–water partition coefficient (Wildman–Crippen LogP) is 3.51. The summed E-state index contributed by atoms with van der Waals surface area (Å²) in [6, 6.07) is 13.0. The Bertz CT molecular complexity index is 992. The molecule has 4 rings (SSSR count). The van der Waals surface area contributed by atoms with Crippen LogP contribution in [0.5, 0.6) is 0 Å². The molecule has 2 aromatic carbocycles. The Kier molecular flexibility index (Phi) is 4.16. The molecule has 1 unspecified atom stereocenters. The molecule has 26 heavy (non-hydrogen) atoms. The molecule has 6 nitrogen and oxygen atoms in total. The molecule has 0 aliphatic carbocycles. The highest BCUT2D eigenvalue weighted by atomic mass is 16.2. The number of carbonyl (C=O) groups is 2. The van der Waals surface area contributed by atoms with Crippen LogP contribution in [0.2, 0.25) is 0 Å². The number of aromatic nitrogens is 2. The van der Waals surface area contributed by atoms with Crippen LogP contribution in [0.3, 0.4) is 0 Å². The van der Waals surface area contributed by atoms with E-state index in [0.717, 1.165) is 40.8 Å². The number of carbonyl (C=O) groups excluding carboxylic acids is 2. The van der Waals surface area contributed by atoms with Crippen molar-refractivity contribution in [3.05, 3.63) is 54.4 Å². The summed E-state index contributed by atoms with van der Waals surface area (Å²) in [4.78, 5) is 28.7. The van der Waals surface area contributed by atoms with Gasteiger partial charge in [0, 0.05) is 17.8 Å². The van der Waals surface area contributed by atoms with Gasteiger partial charge in [0.1, 0.15) is 6.04 Å². The second-order valence-corrected chi connectivity index (χ2v) is 6.58. The van der Waals surface area contributed by atoms with E-state index in [9.17, 15) is 9.59 Å². The monoisotopic (exact) mass is 348 g/mol. The first-order valence-corrected chi connectivity index (χ1v) is 8.77. The van der Waals surface area contributed by atoms with Gasteiger partial charge in [-0.25, -0.2) is 4.98 Å². The maximum atomic E-state index is 12.7. The summed E-state index contributed by atoms with van der Waals surface area (Å²) in [5.41, 5.74) is 4.42. The molecule has 2 N–H and O–H groups in total. The number of benzene rings is 2. The number of hydrogen-bond donors (Lipinski definition) is 2. The van der Waals surface area contributed by atoms with Gasteiger partial charge in [-0.05, 0) is 55.7 Å². The van der Waals surface area contributed by atoms with E-state index in [4.69, 9.17) is 0 Å². The summed E-state index contributed by atoms with van der Waals surface area (Å²) in [6.45, 7) is 1.85. The zero-order valence-corrected chi connectivity index (χ0v) is 14.5. The Morgan fingerprint density at radius 2 is 2.08 bits per heavy atom. The number of nitrogens with one attached hydrogen (secondary N) is 2. The lowest BCUT2D eigenvalue weighted by atomic mass is 10.1. The smallest absolute Gasteiger partial charge is 0.247 e. The van der Waals surface area contributed by atoms with Crippen molar-refractivity contribution in [1.29, 1.82) is 0 Å². The lowest BCUT2D eigenvalue weighted by Crippen LogP contribution is -2.23. The summed E-state index contributed by atoms with van der Waals surface area (Å²) >= 11 is 0. The van der Waals surface area contributed by atoms with Crippen molar-refractivity contribution in [2.75, 3.05) is 10.6 Å². The Morgan fingerprint density at radius 1 is 1.23 bits per heavy atom. The van der Waals surface area contributed by atoms with E-state index in [2.05, 4.69) is 15.6 Å². The maximum absolute atomic E-state index is 12.7. The highest BCUT2D eigenvalue weighted by Gasteiger charge is 2.18. The largest absolute Gasteiger partial charge is 0.326 e. The number of hydrogen-bond acceptors (Lipinski definition) is 3. The van der Waals surface area contributed by atoms with Gasteiger partial charge in [-0.1, -0.05) is 12.1 Å². The number of anilines is 2. The number of aryl methyl sites for hydroxylation is 1. The van der Waals surface area contributed by atoms with Gasteiger partial charge in [0.25, 0.3) is 0 Å². The number of nitrogens with zero attached hydrogens (tertiary/aromatic N) is 2. The van der Waals surface area contributed by atoms with Crippen LogP contribution in [-0.4, -0.2) is 21.4 Å². The Balaban J connectivity index is 1.54. The zero-order valence-electron chi connectivity index (χ0n) is 14.5. The van der Waals surface area contributed by atoms with E-state index in [1.807, 2.05) is 54.0 Å². The van der Waals surface area contributed by atoms with Crippen LogP contribution in [0.1, 0.15) is 31.4 Å². The van der Waals surface area contributed by atoms with Gasteiger partial charge in [0.2, 0.25) is 11.8 Å². The van der Waals surface area contributed by atoms with Crippen LogP contribution in [0.25, 0.3) is 11.0 Å². The number of imidazole rings is 1. The van der Waals surface area contributed by atoms with E-state index >= 15 is 0 Å². The van der Waals surface area contributed by atoms with E-state index in [1.165, 1.54) is 0 Å². The van der Waals surface area contributed by atoms with Gasteiger partial charge in [-0.2, -0.15) is 0 Å². The SMILES string of the molecule is CC(C(=O)Nc1ccc2c(c1)CCCC(=O)N2)n1cnc2ccccc21. The van der Waals surface area contributed by atoms with Crippen LogP contribution in [-0.2, 0) is 16.0 Å². The second-order valence-electron chi connectivity index (χ2n) is 6.58. The van der Waals surface area contributed by atoms with E-state index in [1.54, 1.807) is 6.33 Å². The van der Waals surface area contributed by atoms with Crippen LogP contribution in [0.15, 0.2) is 48.8 Å². The number of para-hydroxylation sites is 2. The first kappa shape index (κ1) is 16.3. The number of rotatable bonds is 3. The van der Waals surface area contributed by atoms with Crippen LogP contribution >= 0.6 is 0 Å². The summed E-state index contributed by atoms with van der Waals surface area (Å²) in [5, 5.41) is 5.88. The van der Waals surface area contributed by atoms with Crippen molar-refractivity contribution >= 4 is 34.2 Å². The minimum Gasteiger partial charge on any atom is -0.326 e. The summed E-state index contributed by atoms with van der Waals surface area (Å²) in [7, 11) is 0. The molecule has 6 heteroatoms. The van der Waals surface area contributed by atoms with Gasteiger partial charge in [-0.3, -0.25) is 9.59 Å². The molecule has 132 valence electrons. The highest BCUT2D eigenvalue weighted by molar-refractivity contribution is 5.96. The molecule has 0 saturated heterocycles. The molecule has 2 heterocycles. The fraction of sp³-hybridized carbons (Fsp3) is 0.250. The number of fused-ring (bicyclic) bond motifs is 2. The molecule has 1 atom stereocenters. The molecule has 2 amide bonds. The second kappa shape index (κ2) is 6.63. The molecule has 3 aromatic rings. The van der Waals surface area contributed by atoms with Crippen molar-refractivity contribution in [3.63, 3.8) is 0 Å². The quantitative estimate of drug-likeness (QED) is 0.760. The third-order valence-corrected chi connectivity index (χ3v) is 4.77. The van der Waals surface area contributed by atoms with Gasteiger partial charge >= 0.3 is 0 Å². The first-order chi connectivity index (χ1) is 12.6. The summed E-state index contributed by atoms with van der Waals surface area (Å²) in [5.74, 6) is -0.0631. The third kappa shape index (κ3) is 3.06. The predicted molar refractivity (Wildman–Crippen MR) is 101 cm³/mol. The molecule has 0 bridgehead atoms. The minimum absolute atomic E-state index is 0.0427. The Hall–Kier alpha value is -3.15. The summed E-state index contributed by atoms with van der Waals surface area (Å²) < 4.78 is 1.87. The van der Waals surface area contributed by atoms with E-state index < -0.39 is 0 Å². The van der Waals surface area contributed by atoms with Gasteiger partial charge in [0.15, 0.2) is 0 Å². The molecule has 1 aliphatic rings. The Morgan fingerprint density at radius 3 is 2.96 bits per heavy atom. The fourth-order valence-electron chi connectivity index (χ4n) is 3.31. The third-order valence-electron chi connectivity index (χ3n) is 4.77. The standard InChI is InChI=1S/C20H20N4O2/c1-13(24-12-21-17-6-2-3-7-18(17)24)20(26)22-15-9-10-16-14(11-15)5-4-8-19(25)23-16/h2-3,6-7,9-13H,4-5,8H2,1H3,(H,22,26)(H,23,25). The van der Waals surface area contributed by atoms with Crippen molar-refractivity contribution in [2.45, 2.75) is 32.2 Å². The fourth-order valence-corrected chi connectivity index (χ4v) is 3.31. The van der Waals surface area contributed by atoms with Crippen molar-refractivity contribution in [3.8, 4) is 0 Å². The van der Waals surface area contributed by atoms with Crippen LogP contribution in [0.4, 0.5) is 11.4 Å². The minimum atomic E-state index is -0.388. The first-order valence-electron chi connectivity index (χ1n) is 8.77. The molecule has 0 fully saturated rings. The van der Waals surface area contributed by atoms with Gasteiger partial charge < -0.3 is 15.2 Å².